The Hall–Kier alpha value is -3.85. The quantitative estimate of drug-likeness (QED) is 0.524. The molecule has 32 heavy (non-hydrogen) atoms. The van der Waals surface area contributed by atoms with Crippen LogP contribution in [0.5, 0.6) is 5.75 Å². The fourth-order valence-electron chi connectivity index (χ4n) is 2.98. The standard InChI is InChI=1S/C23H22N2O6S/c1-30-18-12-14-19(15-13-18)32(28,29)25(17-8-4-3-5-9-17)16-22(26)24-21-11-7-6-10-20(21)23(27)31-2/h3-15H,16H2,1-2H3,(H,24,26). The summed E-state index contributed by atoms with van der Waals surface area (Å²) in [5.74, 6) is -0.735. The lowest BCUT2D eigenvalue weighted by atomic mass is 10.2. The Balaban J connectivity index is 1.92. The van der Waals surface area contributed by atoms with Crippen LogP contribution in [-0.4, -0.2) is 41.1 Å². The minimum atomic E-state index is -4.07. The predicted molar refractivity (Wildman–Crippen MR) is 120 cm³/mol. The Kier molecular flexibility index (Phi) is 7.11. The molecule has 0 saturated heterocycles. The van der Waals surface area contributed by atoms with Gasteiger partial charge in [0, 0.05) is 0 Å². The molecule has 0 spiro atoms. The number of rotatable bonds is 8. The van der Waals surface area contributed by atoms with Crippen molar-refractivity contribution in [3.8, 4) is 5.75 Å². The van der Waals surface area contributed by atoms with Gasteiger partial charge >= 0.3 is 5.97 Å². The van der Waals surface area contributed by atoms with Crippen molar-refractivity contribution in [2.45, 2.75) is 4.90 Å². The molecule has 0 aromatic heterocycles. The van der Waals surface area contributed by atoms with Crippen LogP contribution >= 0.6 is 0 Å². The third kappa shape index (κ3) is 5.06. The van der Waals surface area contributed by atoms with Gasteiger partial charge in [0.05, 0.1) is 36.1 Å². The van der Waals surface area contributed by atoms with E-state index in [2.05, 4.69) is 5.32 Å². The van der Waals surface area contributed by atoms with Gasteiger partial charge in [-0.2, -0.15) is 0 Å². The Labute approximate surface area is 186 Å². The predicted octanol–water partition coefficient (Wildman–Crippen LogP) is 3.32. The minimum Gasteiger partial charge on any atom is -0.497 e. The van der Waals surface area contributed by atoms with Gasteiger partial charge in [-0.15, -0.1) is 0 Å². The largest absolute Gasteiger partial charge is 0.497 e. The van der Waals surface area contributed by atoms with Gasteiger partial charge in [-0.3, -0.25) is 9.10 Å². The third-order valence-electron chi connectivity index (χ3n) is 4.59. The second kappa shape index (κ2) is 9.97. The molecule has 8 nitrogen and oxygen atoms in total. The SMILES string of the molecule is COC(=O)c1ccccc1NC(=O)CN(c1ccccc1)S(=O)(=O)c1ccc(OC)cc1. The normalized spacial score (nSPS) is 10.8. The van der Waals surface area contributed by atoms with Gasteiger partial charge in [0.1, 0.15) is 12.3 Å². The molecular formula is C23H22N2O6S. The number of hydrogen-bond acceptors (Lipinski definition) is 6. The molecule has 1 amide bonds. The molecule has 3 aromatic carbocycles. The summed E-state index contributed by atoms with van der Waals surface area (Å²) in [6.45, 7) is -0.506. The zero-order valence-electron chi connectivity index (χ0n) is 17.5. The first kappa shape index (κ1) is 22.8. The van der Waals surface area contributed by atoms with E-state index in [1.54, 1.807) is 42.5 Å². The lowest BCUT2D eigenvalue weighted by Gasteiger charge is -2.24. The lowest BCUT2D eigenvalue weighted by molar-refractivity contribution is -0.114. The van der Waals surface area contributed by atoms with Crippen molar-refractivity contribution in [1.29, 1.82) is 0 Å². The molecule has 0 fully saturated rings. The average Bonchev–Trinajstić information content (AvgIpc) is 2.83. The van der Waals surface area contributed by atoms with Crippen molar-refractivity contribution in [2.24, 2.45) is 0 Å². The molecule has 0 heterocycles. The molecule has 3 aromatic rings. The summed E-state index contributed by atoms with van der Waals surface area (Å²) in [5, 5.41) is 2.60. The van der Waals surface area contributed by atoms with Crippen LogP contribution in [0.25, 0.3) is 0 Å². The molecule has 0 unspecified atom stereocenters. The highest BCUT2D eigenvalue weighted by atomic mass is 32.2. The van der Waals surface area contributed by atoms with Gasteiger partial charge in [0.25, 0.3) is 10.0 Å². The van der Waals surface area contributed by atoms with E-state index in [-0.39, 0.29) is 16.1 Å². The Morgan fingerprint density at radius 1 is 0.875 bits per heavy atom. The Bertz CT molecular complexity index is 1190. The van der Waals surface area contributed by atoms with Crippen molar-refractivity contribution < 1.29 is 27.5 Å². The topological polar surface area (TPSA) is 102 Å². The van der Waals surface area contributed by atoms with E-state index in [0.29, 0.717) is 11.4 Å². The van der Waals surface area contributed by atoms with Crippen LogP contribution in [0.1, 0.15) is 10.4 Å². The number of nitrogens with zero attached hydrogens (tertiary/aromatic N) is 1. The molecule has 0 atom stereocenters. The Morgan fingerprint density at radius 3 is 2.12 bits per heavy atom. The summed E-state index contributed by atoms with van der Waals surface area (Å²) in [5.41, 5.74) is 0.701. The molecule has 0 saturated carbocycles. The molecule has 0 aliphatic heterocycles. The molecule has 0 aliphatic rings. The number of amides is 1. The first-order valence-corrected chi connectivity index (χ1v) is 11.0. The van der Waals surface area contributed by atoms with Crippen LogP contribution in [0.2, 0.25) is 0 Å². The van der Waals surface area contributed by atoms with E-state index in [9.17, 15) is 18.0 Å². The molecule has 1 N–H and O–H groups in total. The van der Waals surface area contributed by atoms with Gasteiger partial charge in [0.2, 0.25) is 5.91 Å². The van der Waals surface area contributed by atoms with Crippen LogP contribution in [0.15, 0.2) is 83.8 Å². The number of sulfonamides is 1. The summed E-state index contributed by atoms with van der Waals surface area (Å²) in [6.07, 6.45) is 0. The van der Waals surface area contributed by atoms with E-state index < -0.39 is 28.4 Å². The van der Waals surface area contributed by atoms with Crippen LogP contribution < -0.4 is 14.4 Å². The monoisotopic (exact) mass is 454 g/mol. The van der Waals surface area contributed by atoms with Crippen molar-refractivity contribution >= 4 is 33.3 Å². The summed E-state index contributed by atoms with van der Waals surface area (Å²) in [6, 6.07) is 20.5. The third-order valence-corrected chi connectivity index (χ3v) is 6.37. The number of carbonyl (C=O) groups excluding carboxylic acids is 2. The highest BCUT2D eigenvalue weighted by molar-refractivity contribution is 7.92. The van der Waals surface area contributed by atoms with Crippen molar-refractivity contribution in [1.82, 2.24) is 0 Å². The van der Waals surface area contributed by atoms with Crippen LogP contribution in [0.4, 0.5) is 11.4 Å². The summed E-state index contributed by atoms with van der Waals surface area (Å²) >= 11 is 0. The van der Waals surface area contributed by atoms with Gasteiger partial charge in [-0.1, -0.05) is 30.3 Å². The van der Waals surface area contributed by atoms with Crippen molar-refractivity contribution in [2.75, 3.05) is 30.4 Å². The number of methoxy groups -OCH3 is 2. The number of nitrogens with one attached hydrogen (secondary N) is 1. The van der Waals surface area contributed by atoms with E-state index in [4.69, 9.17) is 9.47 Å². The van der Waals surface area contributed by atoms with Crippen LogP contribution in [-0.2, 0) is 19.6 Å². The average molecular weight is 455 g/mol. The molecule has 0 bridgehead atoms. The van der Waals surface area contributed by atoms with E-state index in [1.807, 2.05) is 0 Å². The molecular weight excluding hydrogens is 432 g/mol. The molecule has 0 aliphatic carbocycles. The number of anilines is 2. The molecule has 166 valence electrons. The second-order valence-electron chi connectivity index (χ2n) is 6.61. The highest BCUT2D eigenvalue weighted by Crippen LogP contribution is 2.25. The summed E-state index contributed by atoms with van der Waals surface area (Å²) in [4.78, 5) is 24.8. The van der Waals surface area contributed by atoms with E-state index in [1.165, 1.54) is 50.6 Å². The summed E-state index contributed by atoms with van der Waals surface area (Å²) < 4.78 is 37.6. The lowest BCUT2D eigenvalue weighted by Crippen LogP contribution is -2.38. The first-order valence-electron chi connectivity index (χ1n) is 9.56. The van der Waals surface area contributed by atoms with Gasteiger partial charge < -0.3 is 14.8 Å². The molecule has 0 radical (unpaired) electrons. The zero-order valence-corrected chi connectivity index (χ0v) is 18.3. The smallest absolute Gasteiger partial charge is 0.339 e. The number of ether oxygens (including phenoxy) is 2. The highest BCUT2D eigenvalue weighted by Gasteiger charge is 2.27. The maximum atomic E-state index is 13.4. The van der Waals surface area contributed by atoms with Gasteiger partial charge in [-0.05, 0) is 48.5 Å². The van der Waals surface area contributed by atoms with Crippen molar-refractivity contribution in [3.63, 3.8) is 0 Å². The van der Waals surface area contributed by atoms with E-state index in [0.717, 1.165) is 4.31 Å². The number of esters is 1. The number of hydrogen-bond donors (Lipinski definition) is 1. The number of carbonyl (C=O) groups is 2. The number of benzene rings is 3. The maximum Gasteiger partial charge on any atom is 0.339 e. The van der Waals surface area contributed by atoms with Crippen molar-refractivity contribution in [3.05, 3.63) is 84.4 Å². The van der Waals surface area contributed by atoms with Gasteiger partial charge in [-0.25, -0.2) is 13.2 Å². The van der Waals surface area contributed by atoms with Crippen LogP contribution in [0, 0.1) is 0 Å². The van der Waals surface area contributed by atoms with Gasteiger partial charge in [0.15, 0.2) is 0 Å². The number of para-hydroxylation sites is 2. The fourth-order valence-corrected chi connectivity index (χ4v) is 4.41. The molecule has 9 heteroatoms. The summed E-state index contributed by atoms with van der Waals surface area (Å²) in [7, 11) is -1.35. The van der Waals surface area contributed by atoms with E-state index >= 15 is 0 Å². The Morgan fingerprint density at radius 2 is 1.50 bits per heavy atom. The zero-order chi connectivity index (χ0) is 23.1. The molecule has 3 rings (SSSR count). The first-order chi connectivity index (χ1) is 15.4. The fraction of sp³-hybridized carbons (Fsp3) is 0.130. The minimum absolute atomic E-state index is 0.00455. The second-order valence-corrected chi connectivity index (χ2v) is 8.47. The van der Waals surface area contributed by atoms with Crippen LogP contribution in [0.3, 0.4) is 0 Å². The maximum absolute atomic E-state index is 13.4.